The molecule has 0 bridgehead atoms. The molecule has 6 heteroatoms. The van der Waals surface area contributed by atoms with Gasteiger partial charge in [-0.15, -0.1) is 0 Å². The Morgan fingerprint density at radius 1 is 0.963 bits per heavy atom. The number of ether oxygens (including phenoxy) is 5. The minimum absolute atomic E-state index is 0.00647. The van der Waals surface area contributed by atoms with Gasteiger partial charge in [0, 0.05) is 17.7 Å². The molecular formula is C21H26O6. The summed E-state index contributed by atoms with van der Waals surface area (Å²) in [5.41, 5.74) is 1.71. The number of hydrogen-bond acceptors (Lipinski definition) is 6. The first-order valence-corrected chi connectivity index (χ1v) is 8.62. The molecule has 2 aromatic carbocycles. The highest BCUT2D eigenvalue weighted by Gasteiger charge is 2.13. The number of benzene rings is 2. The number of allylic oxidation sites excluding steroid dienone is 1. The van der Waals surface area contributed by atoms with E-state index in [1.807, 2.05) is 43.3 Å². The summed E-state index contributed by atoms with van der Waals surface area (Å²) >= 11 is 0. The van der Waals surface area contributed by atoms with Gasteiger partial charge < -0.3 is 28.8 Å². The van der Waals surface area contributed by atoms with Crippen LogP contribution in [0.4, 0.5) is 0 Å². The molecule has 6 nitrogen and oxygen atoms in total. The predicted octanol–water partition coefficient (Wildman–Crippen LogP) is 4.05. The summed E-state index contributed by atoms with van der Waals surface area (Å²) in [5, 5.41) is 10.2. The lowest BCUT2D eigenvalue weighted by Gasteiger charge is -2.12. The molecular weight excluding hydrogens is 348 g/mol. The van der Waals surface area contributed by atoms with E-state index in [1.54, 1.807) is 13.2 Å². The van der Waals surface area contributed by atoms with Gasteiger partial charge in [0.05, 0.1) is 21.3 Å². The fourth-order valence-electron chi connectivity index (χ4n) is 2.56. The molecule has 0 atom stereocenters. The van der Waals surface area contributed by atoms with Crippen molar-refractivity contribution in [3.8, 4) is 28.7 Å². The summed E-state index contributed by atoms with van der Waals surface area (Å²) in [4.78, 5) is 0. The molecule has 27 heavy (non-hydrogen) atoms. The van der Waals surface area contributed by atoms with Gasteiger partial charge in [-0.2, -0.15) is 0 Å². The lowest BCUT2D eigenvalue weighted by atomic mass is 10.1. The highest BCUT2D eigenvalue weighted by molar-refractivity contribution is 5.61. The van der Waals surface area contributed by atoms with E-state index in [0.29, 0.717) is 30.3 Å². The average Bonchev–Trinajstić information content (AvgIpc) is 2.69. The second-order valence-corrected chi connectivity index (χ2v) is 5.57. The van der Waals surface area contributed by atoms with Crippen LogP contribution in [0, 0.1) is 0 Å². The molecule has 0 fully saturated rings. The van der Waals surface area contributed by atoms with Crippen molar-refractivity contribution in [1.82, 2.24) is 0 Å². The second-order valence-electron chi connectivity index (χ2n) is 5.57. The van der Waals surface area contributed by atoms with Crippen LogP contribution in [0.1, 0.15) is 18.1 Å². The number of hydrogen-bond donors (Lipinski definition) is 1. The normalized spacial score (nSPS) is 10.8. The van der Waals surface area contributed by atoms with E-state index in [2.05, 4.69) is 0 Å². The standard InChI is InChI=1S/C21H26O6/c1-5-26-14-27-18-12-10-17(23-2)13-16(18)8-6-7-15-9-11-19(24-3)20(22)21(15)25-4/h6,8-13,22H,5,7,14H2,1-4H3/b8-6+. The Morgan fingerprint density at radius 2 is 1.74 bits per heavy atom. The average molecular weight is 374 g/mol. The number of aromatic hydroxyl groups is 1. The van der Waals surface area contributed by atoms with Crippen molar-refractivity contribution < 1.29 is 28.8 Å². The van der Waals surface area contributed by atoms with Crippen LogP contribution in [0.15, 0.2) is 36.4 Å². The van der Waals surface area contributed by atoms with Gasteiger partial charge in [0.2, 0.25) is 5.75 Å². The Bertz CT molecular complexity index is 770. The van der Waals surface area contributed by atoms with Gasteiger partial charge in [0.1, 0.15) is 11.5 Å². The topological polar surface area (TPSA) is 66.4 Å². The maximum absolute atomic E-state index is 10.2. The van der Waals surface area contributed by atoms with Gasteiger partial charge in [0.25, 0.3) is 0 Å². The van der Waals surface area contributed by atoms with Gasteiger partial charge >= 0.3 is 0 Å². The highest BCUT2D eigenvalue weighted by Crippen LogP contribution is 2.39. The molecule has 0 amide bonds. The minimum Gasteiger partial charge on any atom is -0.502 e. The Hall–Kier alpha value is -2.86. The summed E-state index contributed by atoms with van der Waals surface area (Å²) in [5.74, 6) is 2.20. The van der Waals surface area contributed by atoms with Gasteiger partial charge in [0.15, 0.2) is 18.3 Å². The second kappa shape index (κ2) is 10.3. The molecule has 0 aliphatic carbocycles. The molecule has 2 rings (SSSR count). The first-order chi connectivity index (χ1) is 13.1. The van der Waals surface area contributed by atoms with Crippen LogP contribution in [0.2, 0.25) is 0 Å². The van der Waals surface area contributed by atoms with Crippen LogP contribution in [0.25, 0.3) is 6.08 Å². The van der Waals surface area contributed by atoms with Crippen molar-refractivity contribution in [2.45, 2.75) is 13.3 Å². The SMILES string of the molecule is CCOCOc1ccc(OC)cc1/C=C/Cc1ccc(OC)c(O)c1OC. The van der Waals surface area contributed by atoms with Crippen LogP contribution in [0.3, 0.4) is 0 Å². The molecule has 0 radical (unpaired) electrons. The van der Waals surface area contributed by atoms with E-state index in [4.69, 9.17) is 23.7 Å². The third-order valence-corrected chi connectivity index (χ3v) is 3.95. The lowest BCUT2D eigenvalue weighted by molar-refractivity contribution is 0.0222. The quantitative estimate of drug-likeness (QED) is 0.500. The van der Waals surface area contributed by atoms with Crippen molar-refractivity contribution in [2.24, 2.45) is 0 Å². The lowest BCUT2D eigenvalue weighted by Crippen LogP contribution is -2.03. The van der Waals surface area contributed by atoms with Crippen LogP contribution < -0.4 is 18.9 Å². The van der Waals surface area contributed by atoms with E-state index in [9.17, 15) is 5.11 Å². The number of phenols is 1. The first-order valence-electron chi connectivity index (χ1n) is 8.62. The van der Waals surface area contributed by atoms with Gasteiger partial charge in [-0.1, -0.05) is 18.2 Å². The molecule has 0 saturated carbocycles. The van der Waals surface area contributed by atoms with Gasteiger partial charge in [-0.3, -0.25) is 0 Å². The van der Waals surface area contributed by atoms with E-state index in [-0.39, 0.29) is 12.5 Å². The van der Waals surface area contributed by atoms with Crippen LogP contribution >= 0.6 is 0 Å². The molecule has 0 aliphatic rings. The predicted molar refractivity (Wildman–Crippen MR) is 104 cm³/mol. The van der Waals surface area contributed by atoms with E-state index in [1.165, 1.54) is 14.2 Å². The fraction of sp³-hybridized carbons (Fsp3) is 0.333. The number of phenolic OH excluding ortho intramolecular Hbond substituents is 1. The summed E-state index contributed by atoms with van der Waals surface area (Å²) in [6, 6.07) is 9.14. The molecule has 0 unspecified atom stereocenters. The van der Waals surface area contributed by atoms with E-state index in [0.717, 1.165) is 16.9 Å². The Morgan fingerprint density at radius 3 is 2.41 bits per heavy atom. The molecule has 0 heterocycles. The van der Waals surface area contributed by atoms with Crippen molar-refractivity contribution in [3.05, 3.63) is 47.5 Å². The Balaban J connectivity index is 2.21. The van der Waals surface area contributed by atoms with Crippen molar-refractivity contribution in [3.63, 3.8) is 0 Å². The first kappa shape index (κ1) is 20.5. The summed E-state index contributed by atoms with van der Waals surface area (Å²) < 4.78 is 26.6. The van der Waals surface area contributed by atoms with E-state index < -0.39 is 0 Å². The van der Waals surface area contributed by atoms with Crippen LogP contribution in [-0.4, -0.2) is 39.8 Å². The molecule has 146 valence electrons. The largest absolute Gasteiger partial charge is 0.502 e. The zero-order chi connectivity index (χ0) is 19.6. The van der Waals surface area contributed by atoms with Crippen molar-refractivity contribution in [2.75, 3.05) is 34.7 Å². The molecule has 0 aliphatic heterocycles. The molecule has 0 aromatic heterocycles. The number of methoxy groups -OCH3 is 3. The number of rotatable bonds is 10. The summed E-state index contributed by atoms with van der Waals surface area (Å²) in [7, 11) is 4.64. The summed E-state index contributed by atoms with van der Waals surface area (Å²) in [6.07, 6.45) is 4.46. The van der Waals surface area contributed by atoms with Crippen LogP contribution in [-0.2, 0) is 11.2 Å². The molecule has 0 saturated heterocycles. The van der Waals surface area contributed by atoms with Gasteiger partial charge in [-0.05, 0) is 37.6 Å². The maximum atomic E-state index is 10.2. The fourth-order valence-corrected chi connectivity index (χ4v) is 2.56. The Labute approximate surface area is 159 Å². The zero-order valence-electron chi connectivity index (χ0n) is 16.2. The molecule has 1 N–H and O–H groups in total. The summed E-state index contributed by atoms with van der Waals surface area (Å²) in [6.45, 7) is 2.68. The zero-order valence-corrected chi connectivity index (χ0v) is 16.2. The maximum Gasteiger partial charge on any atom is 0.201 e. The van der Waals surface area contributed by atoms with Crippen molar-refractivity contribution in [1.29, 1.82) is 0 Å². The molecule has 0 spiro atoms. The van der Waals surface area contributed by atoms with E-state index >= 15 is 0 Å². The molecule has 2 aromatic rings. The van der Waals surface area contributed by atoms with Crippen LogP contribution in [0.5, 0.6) is 28.7 Å². The smallest absolute Gasteiger partial charge is 0.201 e. The Kier molecular flexibility index (Phi) is 7.82. The van der Waals surface area contributed by atoms with Crippen molar-refractivity contribution >= 4 is 6.08 Å². The third kappa shape index (κ3) is 5.31. The third-order valence-electron chi connectivity index (χ3n) is 3.95. The van der Waals surface area contributed by atoms with Gasteiger partial charge in [-0.25, -0.2) is 0 Å². The monoisotopic (exact) mass is 374 g/mol. The minimum atomic E-state index is -0.00647. The highest BCUT2D eigenvalue weighted by atomic mass is 16.7.